The van der Waals surface area contributed by atoms with E-state index in [1.165, 1.54) is 0 Å². The molecule has 0 saturated carbocycles. The van der Waals surface area contributed by atoms with E-state index in [9.17, 15) is 0 Å². The predicted molar refractivity (Wildman–Crippen MR) is 87.5 cm³/mol. The van der Waals surface area contributed by atoms with E-state index in [0.29, 0.717) is 5.92 Å². The molecule has 0 saturated heterocycles. The molecule has 2 aromatic rings. The van der Waals surface area contributed by atoms with Gasteiger partial charge in [-0.3, -0.25) is 0 Å². The average molecular weight is 335 g/mol. The van der Waals surface area contributed by atoms with Crippen molar-refractivity contribution in [2.75, 3.05) is 17.2 Å². The fourth-order valence-corrected chi connectivity index (χ4v) is 2.21. The number of hydrogen-bond donors (Lipinski definition) is 2. The normalized spacial score (nSPS) is 10.7. The lowest BCUT2D eigenvalue weighted by Crippen LogP contribution is -2.09. The van der Waals surface area contributed by atoms with Gasteiger partial charge in [-0.15, -0.1) is 0 Å². The maximum Gasteiger partial charge on any atom is 0.135 e. The third kappa shape index (κ3) is 4.20. The van der Waals surface area contributed by atoms with Gasteiger partial charge in [0.25, 0.3) is 0 Å². The summed E-state index contributed by atoms with van der Waals surface area (Å²) < 4.78 is 1.07. The molecule has 0 unspecified atom stereocenters. The number of hydrogen-bond acceptors (Lipinski definition) is 4. The zero-order chi connectivity index (χ0) is 14.5. The summed E-state index contributed by atoms with van der Waals surface area (Å²) >= 11 is 3.46. The maximum absolute atomic E-state index is 4.25. The minimum atomic E-state index is 0.579. The van der Waals surface area contributed by atoms with Gasteiger partial charge < -0.3 is 10.6 Å². The Morgan fingerprint density at radius 3 is 2.60 bits per heavy atom. The molecule has 2 rings (SSSR count). The number of nitrogens with one attached hydrogen (secondary N) is 2. The zero-order valence-electron chi connectivity index (χ0n) is 11.9. The highest BCUT2D eigenvalue weighted by Gasteiger charge is 2.03. The fraction of sp³-hybridized carbons (Fsp3) is 0.333. The van der Waals surface area contributed by atoms with Crippen LogP contribution in [0.2, 0.25) is 0 Å². The second-order valence-corrected chi connectivity index (χ2v) is 6.06. The van der Waals surface area contributed by atoms with Crippen molar-refractivity contribution in [3.8, 4) is 0 Å². The molecular weight excluding hydrogens is 316 g/mol. The third-order valence-electron chi connectivity index (χ3n) is 2.81. The second-order valence-electron chi connectivity index (χ2n) is 5.15. The molecule has 0 spiro atoms. The first-order valence-corrected chi connectivity index (χ1v) is 7.43. The van der Waals surface area contributed by atoms with Crippen LogP contribution >= 0.6 is 15.9 Å². The lowest BCUT2D eigenvalue weighted by atomic mass is 10.2. The van der Waals surface area contributed by atoms with Gasteiger partial charge in [0.05, 0.1) is 0 Å². The fourth-order valence-electron chi connectivity index (χ4n) is 1.74. The largest absolute Gasteiger partial charge is 0.370 e. The summed E-state index contributed by atoms with van der Waals surface area (Å²) in [6.45, 7) is 7.29. The van der Waals surface area contributed by atoms with Crippen LogP contribution in [0.1, 0.15) is 19.4 Å². The number of anilines is 3. The molecule has 2 N–H and O–H groups in total. The van der Waals surface area contributed by atoms with Crippen LogP contribution in [0, 0.1) is 12.8 Å². The average Bonchev–Trinajstić information content (AvgIpc) is 2.40. The molecule has 1 aromatic heterocycles. The second kappa shape index (κ2) is 6.70. The first-order valence-electron chi connectivity index (χ1n) is 6.63. The van der Waals surface area contributed by atoms with Gasteiger partial charge in [0, 0.05) is 22.8 Å². The van der Waals surface area contributed by atoms with Crippen molar-refractivity contribution in [3.63, 3.8) is 0 Å². The van der Waals surface area contributed by atoms with Crippen LogP contribution in [0.4, 0.5) is 17.3 Å². The summed E-state index contributed by atoms with van der Waals surface area (Å²) in [7, 11) is 0. The van der Waals surface area contributed by atoms with Crippen LogP contribution in [0.25, 0.3) is 0 Å². The zero-order valence-corrected chi connectivity index (χ0v) is 13.5. The Kier molecular flexibility index (Phi) is 4.95. The number of aromatic nitrogens is 2. The van der Waals surface area contributed by atoms with Crippen molar-refractivity contribution in [2.45, 2.75) is 20.8 Å². The predicted octanol–water partition coefficient (Wildman–Crippen LogP) is 4.36. The molecular formula is C15H19BrN4. The van der Waals surface area contributed by atoms with E-state index in [0.717, 1.165) is 33.9 Å². The highest BCUT2D eigenvalue weighted by atomic mass is 79.9. The Labute approximate surface area is 128 Å². The first kappa shape index (κ1) is 14.8. The SMILES string of the molecule is Cc1cc(Br)ccc1Nc1cc(NCC(C)C)ncn1. The van der Waals surface area contributed by atoms with Gasteiger partial charge in [-0.05, 0) is 36.6 Å². The molecule has 0 bridgehead atoms. The van der Waals surface area contributed by atoms with Gasteiger partial charge in [-0.2, -0.15) is 0 Å². The number of rotatable bonds is 5. The Bertz CT molecular complexity index is 584. The minimum Gasteiger partial charge on any atom is -0.370 e. The van der Waals surface area contributed by atoms with Gasteiger partial charge in [0.15, 0.2) is 0 Å². The minimum absolute atomic E-state index is 0.579. The van der Waals surface area contributed by atoms with Crippen LogP contribution in [0.3, 0.4) is 0 Å². The van der Waals surface area contributed by atoms with Crippen molar-refractivity contribution in [3.05, 3.63) is 40.6 Å². The van der Waals surface area contributed by atoms with Gasteiger partial charge in [-0.1, -0.05) is 29.8 Å². The molecule has 0 atom stereocenters. The standard InChI is InChI=1S/C15H19BrN4/c1-10(2)8-17-14-7-15(19-9-18-14)20-13-5-4-12(16)6-11(13)3/h4-7,9-10H,8H2,1-3H3,(H2,17,18,19,20). The van der Waals surface area contributed by atoms with Crippen LogP contribution in [0.5, 0.6) is 0 Å². The van der Waals surface area contributed by atoms with E-state index in [-0.39, 0.29) is 0 Å². The van der Waals surface area contributed by atoms with E-state index in [1.807, 2.05) is 18.2 Å². The topological polar surface area (TPSA) is 49.8 Å². The summed E-state index contributed by atoms with van der Waals surface area (Å²) in [5.74, 6) is 2.21. The van der Waals surface area contributed by atoms with Crippen LogP contribution in [0.15, 0.2) is 35.1 Å². The van der Waals surface area contributed by atoms with E-state index < -0.39 is 0 Å². The molecule has 0 radical (unpaired) electrons. The molecule has 1 aromatic carbocycles. The molecule has 1 heterocycles. The van der Waals surface area contributed by atoms with Crippen LogP contribution < -0.4 is 10.6 Å². The van der Waals surface area contributed by atoms with Crippen LogP contribution in [-0.4, -0.2) is 16.5 Å². The Balaban J connectivity index is 2.11. The third-order valence-corrected chi connectivity index (χ3v) is 3.30. The van der Waals surface area contributed by atoms with Crippen LogP contribution in [-0.2, 0) is 0 Å². The Morgan fingerprint density at radius 2 is 1.90 bits per heavy atom. The van der Waals surface area contributed by atoms with E-state index in [2.05, 4.69) is 63.4 Å². The maximum atomic E-state index is 4.25. The lowest BCUT2D eigenvalue weighted by molar-refractivity contribution is 0.687. The first-order chi connectivity index (χ1) is 9.54. The number of benzene rings is 1. The highest BCUT2D eigenvalue weighted by Crippen LogP contribution is 2.23. The molecule has 0 aliphatic carbocycles. The highest BCUT2D eigenvalue weighted by molar-refractivity contribution is 9.10. The number of halogens is 1. The monoisotopic (exact) mass is 334 g/mol. The molecule has 5 heteroatoms. The lowest BCUT2D eigenvalue weighted by Gasteiger charge is -2.11. The van der Waals surface area contributed by atoms with E-state index in [4.69, 9.17) is 0 Å². The van der Waals surface area contributed by atoms with Gasteiger partial charge in [-0.25, -0.2) is 9.97 Å². The van der Waals surface area contributed by atoms with Gasteiger partial charge in [0.1, 0.15) is 18.0 Å². The van der Waals surface area contributed by atoms with E-state index in [1.54, 1.807) is 6.33 Å². The smallest absolute Gasteiger partial charge is 0.135 e. The molecule has 0 amide bonds. The Morgan fingerprint density at radius 1 is 1.15 bits per heavy atom. The number of nitrogens with zero attached hydrogens (tertiary/aromatic N) is 2. The molecule has 0 aliphatic heterocycles. The summed E-state index contributed by atoms with van der Waals surface area (Å²) in [5, 5.41) is 6.61. The molecule has 0 aliphatic rings. The summed E-state index contributed by atoms with van der Waals surface area (Å²) in [5.41, 5.74) is 2.20. The van der Waals surface area contributed by atoms with Crippen molar-refractivity contribution in [2.24, 2.45) is 5.92 Å². The van der Waals surface area contributed by atoms with Crippen molar-refractivity contribution < 1.29 is 0 Å². The summed E-state index contributed by atoms with van der Waals surface area (Å²) in [6, 6.07) is 8.03. The molecule has 4 nitrogen and oxygen atoms in total. The van der Waals surface area contributed by atoms with Crippen molar-refractivity contribution in [1.29, 1.82) is 0 Å². The van der Waals surface area contributed by atoms with Gasteiger partial charge >= 0.3 is 0 Å². The number of aryl methyl sites for hydroxylation is 1. The molecule has 106 valence electrons. The summed E-state index contributed by atoms with van der Waals surface area (Å²) in [4.78, 5) is 8.47. The van der Waals surface area contributed by atoms with Gasteiger partial charge in [0.2, 0.25) is 0 Å². The molecule has 20 heavy (non-hydrogen) atoms. The van der Waals surface area contributed by atoms with Crippen molar-refractivity contribution in [1.82, 2.24) is 9.97 Å². The molecule has 0 fully saturated rings. The van der Waals surface area contributed by atoms with Crippen molar-refractivity contribution >= 4 is 33.3 Å². The van der Waals surface area contributed by atoms with E-state index >= 15 is 0 Å². The Hall–Kier alpha value is -1.62. The summed E-state index contributed by atoms with van der Waals surface area (Å²) in [6.07, 6.45) is 1.57. The quantitative estimate of drug-likeness (QED) is 0.852.